The number of ether oxygens (including phenoxy) is 3. The minimum Gasteiger partial charge on any atom is -0.462 e. The van der Waals surface area contributed by atoms with Crippen molar-refractivity contribution in [1.29, 1.82) is 0 Å². The highest BCUT2D eigenvalue weighted by atomic mass is 16.6. The number of primary amides is 1. The topological polar surface area (TPSA) is 166 Å². The molecule has 1 fully saturated rings. The summed E-state index contributed by atoms with van der Waals surface area (Å²) in [5.41, 5.74) is 4.55. The molecule has 0 bridgehead atoms. The summed E-state index contributed by atoms with van der Waals surface area (Å²) >= 11 is 0. The van der Waals surface area contributed by atoms with Crippen LogP contribution in [0.1, 0.15) is 70.2 Å². The molecule has 1 aromatic rings. The molecule has 1 spiro atoms. The van der Waals surface area contributed by atoms with Crippen LogP contribution in [0.25, 0.3) is 0 Å². The lowest BCUT2D eigenvalue weighted by atomic mass is 9.87. The number of benzene rings is 1. The number of aliphatic imine (C=N–C) groups is 2. The van der Waals surface area contributed by atoms with E-state index in [0.29, 0.717) is 49.5 Å². The molecule has 5 N–H and O–H groups in total. The number of nitrogens with two attached hydrogens (primary N) is 1. The van der Waals surface area contributed by atoms with E-state index in [9.17, 15) is 14.4 Å². The van der Waals surface area contributed by atoms with Gasteiger partial charge in [-0.2, -0.15) is 0 Å². The number of carbonyl (C=O) groups is 3. The Hall–Kier alpha value is -3.83. The zero-order valence-electron chi connectivity index (χ0n) is 21.1. The summed E-state index contributed by atoms with van der Waals surface area (Å²) in [4.78, 5) is 45.2. The van der Waals surface area contributed by atoms with E-state index in [1.165, 1.54) is 0 Å². The number of hydrogen-bond donors (Lipinski definition) is 4. The first-order valence-electron chi connectivity index (χ1n) is 11.9. The molecular formula is C24H34N6O6. The van der Waals surface area contributed by atoms with Gasteiger partial charge in [-0.1, -0.05) is 13.0 Å². The quantitative estimate of drug-likeness (QED) is 0.352. The highest BCUT2D eigenvalue weighted by Gasteiger charge is 2.39. The molecule has 0 atom stereocenters. The Balaban J connectivity index is 1.80. The molecule has 3 rings (SSSR count). The lowest BCUT2D eigenvalue weighted by Gasteiger charge is -2.37. The SMILES string of the molecule is CCCOC(=O)c1cccc(NC2=NC3(CCC(OC(N)=O)CC3)N=C(NC(=O)OC(C)(C)C)N2)c1. The number of rotatable bonds is 5. The van der Waals surface area contributed by atoms with Gasteiger partial charge < -0.3 is 25.3 Å². The van der Waals surface area contributed by atoms with Crippen molar-refractivity contribution in [2.75, 3.05) is 11.9 Å². The average Bonchev–Trinajstić information content (AvgIpc) is 2.77. The summed E-state index contributed by atoms with van der Waals surface area (Å²) in [6, 6.07) is 6.82. The first kappa shape index (κ1) is 26.8. The molecule has 1 aromatic carbocycles. The maximum absolute atomic E-state index is 12.4. The van der Waals surface area contributed by atoms with E-state index in [1.54, 1.807) is 45.0 Å². The first-order valence-corrected chi connectivity index (χ1v) is 11.9. The van der Waals surface area contributed by atoms with Crippen molar-refractivity contribution in [1.82, 2.24) is 10.6 Å². The lowest BCUT2D eigenvalue weighted by molar-refractivity contribution is 0.0503. The molecule has 1 heterocycles. The van der Waals surface area contributed by atoms with Crippen LogP contribution in [0.5, 0.6) is 0 Å². The molecule has 1 saturated carbocycles. The van der Waals surface area contributed by atoms with Gasteiger partial charge in [-0.15, -0.1) is 0 Å². The van der Waals surface area contributed by atoms with Crippen LogP contribution in [0.2, 0.25) is 0 Å². The maximum atomic E-state index is 12.4. The highest BCUT2D eigenvalue weighted by Crippen LogP contribution is 2.35. The normalized spacial score (nSPS) is 21.4. The van der Waals surface area contributed by atoms with Gasteiger partial charge in [0.15, 0.2) is 5.66 Å². The van der Waals surface area contributed by atoms with E-state index in [1.807, 2.05) is 6.92 Å². The van der Waals surface area contributed by atoms with Crippen molar-refractivity contribution < 1.29 is 28.6 Å². The van der Waals surface area contributed by atoms with E-state index in [2.05, 4.69) is 20.9 Å². The van der Waals surface area contributed by atoms with Crippen molar-refractivity contribution in [3.8, 4) is 0 Å². The van der Waals surface area contributed by atoms with Gasteiger partial charge in [0.05, 0.1) is 12.2 Å². The van der Waals surface area contributed by atoms with Crippen LogP contribution >= 0.6 is 0 Å². The number of nitrogens with one attached hydrogen (secondary N) is 3. The molecule has 12 heteroatoms. The van der Waals surface area contributed by atoms with Crippen molar-refractivity contribution in [2.45, 2.75) is 77.2 Å². The number of guanidine groups is 2. The number of nitrogens with zero attached hydrogens (tertiary/aromatic N) is 2. The van der Waals surface area contributed by atoms with Gasteiger partial charge in [0.1, 0.15) is 11.7 Å². The maximum Gasteiger partial charge on any atom is 0.414 e. The van der Waals surface area contributed by atoms with Gasteiger partial charge in [-0.3, -0.25) is 10.6 Å². The molecule has 36 heavy (non-hydrogen) atoms. The van der Waals surface area contributed by atoms with Crippen molar-refractivity contribution in [3.05, 3.63) is 29.8 Å². The van der Waals surface area contributed by atoms with Gasteiger partial charge in [0.25, 0.3) is 0 Å². The fourth-order valence-electron chi connectivity index (χ4n) is 3.83. The number of esters is 1. The van der Waals surface area contributed by atoms with Crippen LogP contribution < -0.4 is 21.7 Å². The number of amides is 2. The summed E-state index contributed by atoms with van der Waals surface area (Å²) < 4.78 is 15.7. The molecule has 0 unspecified atom stereocenters. The number of hydrogen-bond acceptors (Lipinski definition) is 10. The van der Waals surface area contributed by atoms with Crippen molar-refractivity contribution >= 4 is 35.8 Å². The minimum absolute atomic E-state index is 0.162. The van der Waals surface area contributed by atoms with Crippen molar-refractivity contribution in [2.24, 2.45) is 15.7 Å². The zero-order valence-corrected chi connectivity index (χ0v) is 21.1. The Labute approximate surface area is 210 Å². The van der Waals surface area contributed by atoms with Crippen LogP contribution in [0, 0.1) is 0 Å². The molecule has 1 aliphatic carbocycles. The van der Waals surface area contributed by atoms with E-state index in [4.69, 9.17) is 24.9 Å². The fourth-order valence-corrected chi connectivity index (χ4v) is 3.83. The minimum atomic E-state index is -0.896. The second-order valence-corrected chi connectivity index (χ2v) is 9.63. The number of carbonyl (C=O) groups excluding carboxylic acids is 3. The van der Waals surface area contributed by atoms with Gasteiger partial charge >= 0.3 is 18.2 Å². The summed E-state index contributed by atoms with van der Waals surface area (Å²) in [6.45, 7) is 7.54. The fraction of sp³-hybridized carbons (Fsp3) is 0.542. The average molecular weight is 503 g/mol. The van der Waals surface area contributed by atoms with Crippen LogP contribution in [-0.2, 0) is 14.2 Å². The van der Waals surface area contributed by atoms with Gasteiger partial charge in [-0.25, -0.2) is 24.4 Å². The summed E-state index contributed by atoms with van der Waals surface area (Å²) in [5.74, 6) is 0.0658. The summed E-state index contributed by atoms with van der Waals surface area (Å²) in [6.07, 6.45) is 0.838. The monoisotopic (exact) mass is 502 g/mol. The standard InChI is InChI=1S/C24H34N6O6/c1-5-13-34-18(31)15-7-6-8-16(14-15)26-20-27-21(28-22(33)36-23(2,3)4)30-24(29-20)11-9-17(10-12-24)35-19(25)32/h6-8,14,17H,5,9-13H2,1-4H3,(H2,25,32)(H3,26,27,28,29,30,33). The predicted molar refractivity (Wildman–Crippen MR) is 134 cm³/mol. The van der Waals surface area contributed by atoms with E-state index in [0.717, 1.165) is 6.42 Å². The molecule has 2 amide bonds. The molecule has 12 nitrogen and oxygen atoms in total. The second-order valence-electron chi connectivity index (χ2n) is 9.63. The van der Waals surface area contributed by atoms with E-state index in [-0.39, 0.29) is 12.1 Å². The summed E-state index contributed by atoms with van der Waals surface area (Å²) in [5, 5.41) is 8.76. The Kier molecular flexibility index (Phi) is 8.38. The van der Waals surface area contributed by atoms with Crippen LogP contribution in [0.15, 0.2) is 34.3 Å². The van der Waals surface area contributed by atoms with Crippen LogP contribution in [-0.4, -0.2) is 54.0 Å². The van der Waals surface area contributed by atoms with Gasteiger partial charge in [0.2, 0.25) is 11.9 Å². The molecule has 2 aliphatic rings. The smallest absolute Gasteiger partial charge is 0.414 e. The Bertz CT molecular complexity index is 1040. The largest absolute Gasteiger partial charge is 0.462 e. The van der Waals surface area contributed by atoms with Gasteiger partial charge in [0, 0.05) is 5.69 Å². The summed E-state index contributed by atoms with van der Waals surface area (Å²) in [7, 11) is 0. The Morgan fingerprint density at radius 3 is 2.50 bits per heavy atom. The third kappa shape index (κ3) is 7.85. The highest BCUT2D eigenvalue weighted by molar-refractivity contribution is 6.10. The molecule has 196 valence electrons. The molecule has 0 saturated heterocycles. The van der Waals surface area contributed by atoms with E-state index >= 15 is 0 Å². The van der Waals surface area contributed by atoms with Crippen LogP contribution in [0.4, 0.5) is 15.3 Å². The number of anilines is 1. The lowest BCUT2D eigenvalue weighted by Crippen LogP contribution is -2.53. The molecule has 1 aliphatic heterocycles. The first-order chi connectivity index (χ1) is 17.0. The van der Waals surface area contributed by atoms with E-state index < -0.39 is 29.4 Å². The van der Waals surface area contributed by atoms with Crippen molar-refractivity contribution in [3.63, 3.8) is 0 Å². The zero-order chi connectivity index (χ0) is 26.3. The molecular weight excluding hydrogens is 468 g/mol. The predicted octanol–water partition coefficient (Wildman–Crippen LogP) is 3.24. The molecule has 0 radical (unpaired) electrons. The van der Waals surface area contributed by atoms with Gasteiger partial charge in [-0.05, 0) is 71.1 Å². The third-order valence-electron chi connectivity index (χ3n) is 5.31. The second kappa shape index (κ2) is 11.3. The van der Waals surface area contributed by atoms with Crippen LogP contribution in [0.3, 0.4) is 0 Å². The Morgan fingerprint density at radius 2 is 1.86 bits per heavy atom. The Morgan fingerprint density at radius 1 is 1.17 bits per heavy atom. The number of alkyl carbamates (subject to hydrolysis) is 1. The molecule has 0 aromatic heterocycles. The third-order valence-corrected chi connectivity index (χ3v) is 5.31.